The molecule has 11 heteroatoms. The molecule has 7 nitrogen and oxygen atoms in total. The van der Waals surface area contributed by atoms with Gasteiger partial charge in [0, 0.05) is 42.8 Å². The number of fused-ring (bicyclic) bond motifs is 1. The normalized spacial score (nSPS) is 19.7. The summed E-state index contributed by atoms with van der Waals surface area (Å²) in [5, 5.41) is 4.67. The summed E-state index contributed by atoms with van der Waals surface area (Å²) >= 11 is 1.74. The van der Waals surface area contributed by atoms with Crippen LogP contribution in [0.15, 0.2) is 60.0 Å². The van der Waals surface area contributed by atoms with E-state index in [0.717, 1.165) is 36.4 Å². The summed E-state index contributed by atoms with van der Waals surface area (Å²) in [6.07, 6.45) is -3.61. The quantitative estimate of drug-likeness (QED) is 0.440. The van der Waals surface area contributed by atoms with Gasteiger partial charge in [0.15, 0.2) is 0 Å². The van der Waals surface area contributed by atoms with E-state index in [1.165, 1.54) is 22.6 Å². The zero-order chi connectivity index (χ0) is 28.4. The van der Waals surface area contributed by atoms with E-state index in [9.17, 15) is 22.8 Å². The van der Waals surface area contributed by atoms with Gasteiger partial charge in [-0.2, -0.15) is 13.2 Å². The molecule has 0 unspecified atom stereocenters. The number of nitrogens with zero attached hydrogens (tertiary/aromatic N) is 3. The first kappa shape index (κ1) is 28.0. The van der Waals surface area contributed by atoms with Crippen LogP contribution < -0.4 is 10.1 Å². The number of rotatable bonds is 5. The van der Waals surface area contributed by atoms with Gasteiger partial charge in [0.1, 0.15) is 5.75 Å². The number of nitrogens with one attached hydrogen (secondary N) is 1. The first-order valence-corrected chi connectivity index (χ1v) is 14.0. The molecule has 1 fully saturated rings. The molecule has 2 aromatic carbocycles. The molecule has 0 aliphatic carbocycles. The van der Waals surface area contributed by atoms with Gasteiger partial charge in [0.25, 0.3) is 0 Å². The van der Waals surface area contributed by atoms with Gasteiger partial charge in [-0.05, 0) is 66.2 Å². The molecule has 2 aliphatic rings. The van der Waals surface area contributed by atoms with Crippen LogP contribution in [0.2, 0.25) is 0 Å². The van der Waals surface area contributed by atoms with Crippen LogP contribution in [0.3, 0.4) is 0 Å². The number of alkyl halides is 3. The summed E-state index contributed by atoms with van der Waals surface area (Å²) in [5.41, 5.74) is 1.57. The molecular formula is C29H31F3N4O3S. The number of anilines is 1. The lowest BCUT2D eigenvalue weighted by Crippen LogP contribution is -2.58. The summed E-state index contributed by atoms with van der Waals surface area (Å²) < 4.78 is 44.5. The minimum Gasteiger partial charge on any atom is -0.497 e. The van der Waals surface area contributed by atoms with Crippen LogP contribution >= 0.6 is 11.3 Å². The van der Waals surface area contributed by atoms with Gasteiger partial charge >= 0.3 is 12.2 Å². The summed E-state index contributed by atoms with van der Waals surface area (Å²) in [5.74, 6) is 0.763. The monoisotopic (exact) mass is 572 g/mol. The van der Waals surface area contributed by atoms with E-state index in [0.29, 0.717) is 13.1 Å². The number of piperazine rings is 1. The first-order chi connectivity index (χ1) is 19.1. The van der Waals surface area contributed by atoms with Crippen molar-refractivity contribution in [3.05, 3.63) is 81.5 Å². The first-order valence-electron chi connectivity index (χ1n) is 13.1. The van der Waals surface area contributed by atoms with Crippen molar-refractivity contribution in [2.45, 2.75) is 31.6 Å². The summed E-state index contributed by atoms with van der Waals surface area (Å²) in [6.45, 7) is 3.82. The highest BCUT2D eigenvalue weighted by Gasteiger charge is 2.35. The average Bonchev–Trinajstić information content (AvgIpc) is 3.41. The van der Waals surface area contributed by atoms with Crippen molar-refractivity contribution >= 4 is 29.0 Å². The third kappa shape index (κ3) is 5.95. The van der Waals surface area contributed by atoms with Crippen LogP contribution in [-0.4, -0.2) is 72.5 Å². The third-order valence-corrected chi connectivity index (χ3v) is 8.51. The van der Waals surface area contributed by atoms with E-state index in [-0.39, 0.29) is 36.8 Å². The Kier molecular flexibility index (Phi) is 8.04. The molecular weight excluding hydrogens is 541 g/mol. The number of carbonyl (C=O) groups is 2. The second kappa shape index (κ2) is 11.5. The molecule has 1 aromatic heterocycles. The van der Waals surface area contributed by atoms with Crippen molar-refractivity contribution in [1.82, 2.24) is 14.7 Å². The number of thiophene rings is 1. The second-order valence-electron chi connectivity index (χ2n) is 10.1. The fourth-order valence-corrected chi connectivity index (χ4v) is 6.35. The highest BCUT2D eigenvalue weighted by Crippen LogP contribution is 2.38. The molecule has 0 bridgehead atoms. The molecule has 0 spiro atoms. The lowest BCUT2D eigenvalue weighted by atomic mass is 9.93. The van der Waals surface area contributed by atoms with E-state index >= 15 is 0 Å². The van der Waals surface area contributed by atoms with Gasteiger partial charge < -0.3 is 19.9 Å². The zero-order valence-electron chi connectivity index (χ0n) is 22.3. The van der Waals surface area contributed by atoms with Crippen molar-refractivity contribution in [1.29, 1.82) is 0 Å². The number of ether oxygens (including phenoxy) is 1. The van der Waals surface area contributed by atoms with E-state index in [2.05, 4.69) is 21.7 Å². The maximum Gasteiger partial charge on any atom is 0.416 e. The smallest absolute Gasteiger partial charge is 0.416 e. The molecule has 5 rings (SSSR count). The maximum absolute atomic E-state index is 13.5. The fraction of sp³-hybridized carbons (Fsp3) is 0.379. The van der Waals surface area contributed by atoms with E-state index in [4.69, 9.17) is 4.74 Å². The number of benzene rings is 2. The van der Waals surface area contributed by atoms with Gasteiger partial charge in [-0.15, -0.1) is 11.3 Å². The van der Waals surface area contributed by atoms with Gasteiger partial charge in [-0.25, -0.2) is 4.79 Å². The predicted octanol–water partition coefficient (Wildman–Crippen LogP) is 5.49. The van der Waals surface area contributed by atoms with Crippen LogP contribution in [0.1, 0.15) is 34.5 Å². The van der Waals surface area contributed by atoms with Crippen LogP contribution in [-0.2, 0) is 17.4 Å². The summed E-state index contributed by atoms with van der Waals surface area (Å²) in [7, 11) is 1.63. The average molecular weight is 573 g/mol. The van der Waals surface area contributed by atoms with E-state index < -0.39 is 17.8 Å². The SMILES string of the molecule is COc1ccc([C@@H]2c3ccsc3CCN2CC(=O)N2CCN(C(=O)Nc3cccc(C(F)(F)F)c3)[C@H](C)C2)cc1. The molecule has 1 saturated heterocycles. The Labute approximate surface area is 235 Å². The Balaban J connectivity index is 1.23. The predicted molar refractivity (Wildman–Crippen MR) is 148 cm³/mol. The van der Waals surface area contributed by atoms with Crippen LogP contribution in [0, 0.1) is 0 Å². The largest absolute Gasteiger partial charge is 0.497 e. The van der Waals surface area contributed by atoms with Crippen molar-refractivity contribution in [2.24, 2.45) is 0 Å². The lowest BCUT2D eigenvalue weighted by Gasteiger charge is -2.41. The lowest BCUT2D eigenvalue weighted by molar-refractivity contribution is -0.137. The standard InChI is InChI=1S/C29H31F3N4O3S/c1-19-17-34(13-14-36(19)28(38)33-22-5-3-4-21(16-22)29(30,31)32)26(37)18-35-12-10-25-24(11-15-40-25)27(35)20-6-8-23(39-2)9-7-20/h3-9,11,15-16,19,27H,10,12-14,17-18H2,1-2H3,(H,33,38)/t19-,27-/m1/s1. The van der Waals surface area contributed by atoms with E-state index in [1.807, 2.05) is 31.2 Å². The third-order valence-electron chi connectivity index (χ3n) is 7.52. The van der Waals surface area contributed by atoms with Crippen molar-refractivity contribution < 1.29 is 27.5 Å². The van der Waals surface area contributed by atoms with Gasteiger partial charge in [0.05, 0.1) is 25.3 Å². The molecule has 3 aromatic rings. The van der Waals surface area contributed by atoms with Gasteiger partial charge in [-0.1, -0.05) is 18.2 Å². The molecule has 1 N–H and O–H groups in total. The van der Waals surface area contributed by atoms with E-state index in [1.54, 1.807) is 28.2 Å². The van der Waals surface area contributed by atoms with Crippen molar-refractivity contribution in [3.8, 4) is 5.75 Å². The number of hydrogen-bond donors (Lipinski definition) is 1. The second-order valence-corrected chi connectivity index (χ2v) is 11.1. The summed E-state index contributed by atoms with van der Waals surface area (Å²) in [6, 6.07) is 13.8. The fourth-order valence-electron chi connectivity index (χ4n) is 5.44. The number of halogens is 3. The molecule has 2 aliphatic heterocycles. The Bertz CT molecular complexity index is 1360. The van der Waals surface area contributed by atoms with Crippen molar-refractivity contribution in [3.63, 3.8) is 0 Å². The number of carbonyl (C=O) groups excluding carboxylic acids is 2. The highest BCUT2D eigenvalue weighted by atomic mass is 32.1. The van der Waals surface area contributed by atoms with Gasteiger partial charge in [-0.3, -0.25) is 9.69 Å². The minimum atomic E-state index is -4.49. The van der Waals surface area contributed by atoms with Crippen molar-refractivity contribution in [2.75, 3.05) is 45.2 Å². The molecule has 3 heterocycles. The van der Waals surface area contributed by atoms with Crippen LogP contribution in [0.25, 0.3) is 0 Å². The van der Waals surface area contributed by atoms with Gasteiger partial charge in [0.2, 0.25) is 5.91 Å². The topological polar surface area (TPSA) is 65.1 Å². The minimum absolute atomic E-state index is 0.0121. The highest BCUT2D eigenvalue weighted by molar-refractivity contribution is 7.10. The zero-order valence-corrected chi connectivity index (χ0v) is 23.1. The summed E-state index contributed by atoms with van der Waals surface area (Å²) in [4.78, 5) is 33.2. The molecule has 0 radical (unpaired) electrons. The Hall–Kier alpha value is -3.57. The molecule has 2 atom stereocenters. The maximum atomic E-state index is 13.5. The molecule has 3 amide bonds. The number of urea groups is 1. The number of methoxy groups -OCH3 is 1. The molecule has 212 valence electrons. The van der Waals surface area contributed by atoms with Crippen LogP contribution in [0.5, 0.6) is 5.75 Å². The Morgan fingerprint density at radius 3 is 2.55 bits per heavy atom. The Morgan fingerprint density at radius 2 is 1.85 bits per heavy atom. The molecule has 40 heavy (non-hydrogen) atoms. The number of amides is 3. The Morgan fingerprint density at radius 1 is 1.07 bits per heavy atom. The van der Waals surface area contributed by atoms with Crippen LogP contribution in [0.4, 0.5) is 23.7 Å². The number of hydrogen-bond acceptors (Lipinski definition) is 5. The molecule has 0 saturated carbocycles.